The number of hydrazine groups is 1. The van der Waals surface area contributed by atoms with E-state index >= 15 is 0 Å². The molecule has 0 unspecified atom stereocenters. The van der Waals surface area contributed by atoms with Gasteiger partial charge < -0.3 is 5.32 Å². The number of hydrogen-bond acceptors (Lipinski definition) is 2. The molecule has 60 valence electrons. The van der Waals surface area contributed by atoms with Crippen LogP contribution in [0.1, 0.15) is 13.3 Å². The van der Waals surface area contributed by atoms with Gasteiger partial charge in [-0.15, -0.1) is 0 Å². The van der Waals surface area contributed by atoms with Crippen molar-refractivity contribution in [3.8, 4) is 0 Å². The van der Waals surface area contributed by atoms with Gasteiger partial charge in [-0.2, -0.15) is 0 Å². The van der Waals surface area contributed by atoms with E-state index in [0.29, 0.717) is 5.11 Å². The van der Waals surface area contributed by atoms with Crippen LogP contribution in [-0.2, 0) is 0 Å². The van der Waals surface area contributed by atoms with E-state index in [-0.39, 0.29) is 0 Å². The van der Waals surface area contributed by atoms with Gasteiger partial charge in [0.2, 0.25) is 0 Å². The molecule has 0 aliphatic heterocycles. The molecule has 0 aromatic rings. The highest BCUT2D eigenvalue weighted by atomic mass is 32.1. The molecule has 0 aromatic heterocycles. The zero-order valence-electron chi connectivity index (χ0n) is 6.77. The second-order valence-corrected chi connectivity index (χ2v) is 2.67. The first-order valence-corrected chi connectivity index (χ1v) is 3.79. The van der Waals surface area contributed by atoms with Crippen molar-refractivity contribution in [1.29, 1.82) is 0 Å². The third-order valence-electron chi connectivity index (χ3n) is 0.861. The largest absolute Gasteiger partial charge is 0.362 e. The fraction of sp³-hybridized carbons (Fsp3) is 0.833. The lowest BCUT2D eigenvalue weighted by Crippen LogP contribution is -2.43. The Morgan fingerprint density at radius 1 is 1.50 bits per heavy atom. The summed E-state index contributed by atoms with van der Waals surface area (Å²) >= 11 is 4.93. The van der Waals surface area contributed by atoms with E-state index in [1.165, 1.54) is 0 Å². The molecule has 10 heavy (non-hydrogen) atoms. The van der Waals surface area contributed by atoms with Crippen molar-refractivity contribution < 1.29 is 0 Å². The summed E-state index contributed by atoms with van der Waals surface area (Å²) in [4.78, 5) is 0. The van der Waals surface area contributed by atoms with E-state index in [9.17, 15) is 0 Å². The van der Waals surface area contributed by atoms with Gasteiger partial charge in [-0.3, -0.25) is 5.43 Å². The summed E-state index contributed by atoms with van der Waals surface area (Å²) in [6.07, 6.45) is 1.09. The molecule has 0 rings (SSSR count). The predicted molar refractivity (Wildman–Crippen MR) is 47.7 cm³/mol. The monoisotopic (exact) mass is 161 g/mol. The highest BCUT2D eigenvalue weighted by molar-refractivity contribution is 7.80. The van der Waals surface area contributed by atoms with Crippen molar-refractivity contribution >= 4 is 17.3 Å². The molecule has 0 radical (unpaired) electrons. The van der Waals surface area contributed by atoms with E-state index in [1.54, 1.807) is 0 Å². The van der Waals surface area contributed by atoms with Crippen LogP contribution in [0.2, 0.25) is 0 Å². The zero-order chi connectivity index (χ0) is 7.98. The lowest BCUT2D eigenvalue weighted by molar-refractivity contribution is 0.359. The molecule has 0 bridgehead atoms. The normalized spacial score (nSPS) is 9.60. The average Bonchev–Trinajstić information content (AvgIpc) is 1.82. The van der Waals surface area contributed by atoms with Crippen molar-refractivity contribution in [3.05, 3.63) is 0 Å². The quantitative estimate of drug-likeness (QED) is 0.461. The molecule has 4 heteroatoms. The molecule has 2 N–H and O–H groups in total. The molecule has 0 aliphatic carbocycles. The topological polar surface area (TPSA) is 27.3 Å². The maximum Gasteiger partial charge on any atom is 0.180 e. The zero-order valence-corrected chi connectivity index (χ0v) is 7.59. The molecular weight excluding hydrogens is 146 g/mol. The van der Waals surface area contributed by atoms with Crippen LogP contribution in [0.3, 0.4) is 0 Å². The summed E-state index contributed by atoms with van der Waals surface area (Å²) in [5.41, 5.74) is 2.93. The Balaban J connectivity index is 3.26. The lowest BCUT2D eigenvalue weighted by Gasteiger charge is -2.14. The van der Waals surface area contributed by atoms with Gasteiger partial charge in [0, 0.05) is 20.6 Å². The third-order valence-corrected chi connectivity index (χ3v) is 1.10. The minimum absolute atomic E-state index is 0.687. The van der Waals surface area contributed by atoms with Crippen molar-refractivity contribution in [2.24, 2.45) is 0 Å². The van der Waals surface area contributed by atoms with Crippen LogP contribution >= 0.6 is 12.2 Å². The van der Waals surface area contributed by atoms with Gasteiger partial charge in [-0.05, 0) is 18.6 Å². The molecule has 0 saturated heterocycles. The van der Waals surface area contributed by atoms with Crippen LogP contribution in [0.25, 0.3) is 0 Å². The second-order valence-electron chi connectivity index (χ2n) is 2.26. The Morgan fingerprint density at radius 3 is 2.50 bits per heavy atom. The minimum atomic E-state index is 0.687. The summed E-state index contributed by atoms with van der Waals surface area (Å²) in [6, 6.07) is 0. The number of nitrogens with zero attached hydrogens (tertiary/aromatic N) is 1. The Labute approximate surface area is 67.8 Å². The van der Waals surface area contributed by atoms with Crippen molar-refractivity contribution in [2.45, 2.75) is 13.3 Å². The minimum Gasteiger partial charge on any atom is -0.362 e. The van der Waals surface area contributed by atoms with Crippen LogP contribution in [0.15, 0.2) is 0 Å². The summed E-state index contributed by atoms with van der Waals surface area (Å²) in [7, 11) is 3.81. The highest BCUT2D eigenvalue weighted by Gasteiger charge is 1.92. The molecule has 0 heterocycles. The van der Waals surface area contributed by atoms with Gasteiger partial charge in [0.1, 0.15) is 0 Å². The number of nitrogens with one attached hydrogen (secondary N) is 2. The van der Waals surface area contributed by atoms with E-state index in [2.05, 4.69) is 17.7 Å². The van der Waals surface area contributed by atoms with Gasteiger partial charge in [0.15, 0.2) is 5.11 Å². The SMILES string of the molecule is CCCNC(=S)NN(C)C. The molecule has 0 spiro atoms. The maximum atomic E-state index is 4.93. The Bertz CT molecular complexity index is 103. The van der Waals surface area contributed by atoms with Crippen molar-refractivity contribution in [3.63, 3.8) is 0 Å². The van der Waals surface area contributed by atoms with E-state index in [4.69, 9.17) is 12.2 Å². The Hall–Kier alpha value is -0.350. The molecule has 0 aliphatic rings. The standard InChI is InChI=1S/C6H15N3S/c1-4-5-7-6(10)8-9(2)3/h4-5H2,1-3H3,(H2,7,8,10). The average molecular weight is 161 g/mol. The Morgan fingerprint density at radius 2 is 2.10 bits per heavy atom. The molecule has 0 atom stereocenters. The third kappa shape index (κ3) is 5.78. The van der Waals surface area contributed by atoms with Crippen molar-refractivity contribution in [2.75, 3.05) is 20.6 Å². The number of rotatable bonds is 3. The van der Waals surface area contributed by atoms with Gasteiger partial charge in [0.05, 0.1) is 0 Å². The van der Waals surface area contributed by atoms with Gasteiger partial charge in [-0.1, -0.05) is 6.92 Å². The van der Waals surface area contributed by atoms with Crippen LogP contribution in [0, 0.1) is 0 Å². The summed E-state index contributed by atoms with van der Waals surface area (Å²) in [6.45, 7) is 3.03. The lowest BCUT2D eigenvalue weighted by atomic mass is 10.5. The predicted octanol–water partition coefficient (Wildman–Crippen LogP) is 0.337. The first-order chi connectivity index (χ1) is 4.66. The van der Waals surface area contributed by atoms with Crippen LogP contribution in [-0.4, -0.2) is 30.8 Å². The summed E-state index contributed by atoms with van der Waals surface area (Å²) < 4.78 is 0. The maximum absolute atomic E-state index is 4.93. The molecule has 0 saturated carbocycles. The summed E-state index contributed by atoms with van der Waals surface area (Å²) in [5, 5.41) is 5.54. The molecule has 0 fully saturated rings. The highest BCUT2D eigenvalue weighted by Crippen LogP contribution is 1.72. The Kier molecular flexibility index (Phi) is 5.25. The smallest absolute Gasteiger partial charge is 0.180 e. The second kappa shape index (κ2) is 5.44. The van der Waals surface area contributed by atoms with E-state index in [0.717, 1.165) is 13.0 Å². The molecule has 0 aromatic carbocycles. The van der Waals surface area contributed by atoms with Crippen molar-refractivity contribution in [1.82, 2.24) is 15.8 Å². The van der Waals surface area contributed by atoms with E-state index in [1.807, 2.05) is 19.1 Å². The van der Waals surface area contributed by atoms with Gasteiger partial charge in [-0.25, -0.2) is 5.01 Å². The molecule has 0 amide bonds. The van der Waals surface area contributed by atoms with Gasteiger partial charge >= 0.3 is 0 Å². The summed E-state index contributed by atoms with van der Waals surface area (Å²) in [5.74, 6) is 0. The fourth-order valence-corrected chi connectivity index (χ4v) is 0.766. The number of thiocarbonyl (C=S) groups is 1. The number of hydrogen-bond donors (Lipinski definition) is 2. The first kappa shape index (κ1) is 9.65. The molecule has 3 nitrogen and oxygen atoms in total. The fourth-order valence-electron chi connectivity index (χ4n) is 0.481. The van der Waals surface area contributed by atoms with Gasteiger partial charge in [0.25, 0.3) is 0 Å². The molecular formula is C6H15N3S. The van der Waals surface area contributed by atoms with Crippen LogP contribution in [0.4, 0.5) is 0 Å². The van der Waals surface area contributed by atoms with Crippen LogP contribution < -0.4 is 10.7 Å². The van der Waals surface area contributed by atoms with Crippen LogP contribution in [0.5, 0.6) is 0 Å². The first-order valence-electron chi connectivity index (χ1n) is 3.38. The van der Waals surface area contributed by atoms with E-state index < -0.39 is 0 Å².